The zero-order valence-electron chi connectivity index (χ0n) is 17.5. The van der Waals surface area contributed by atoms with Crippen LogP contribution >= 0.6 is 11.6 Å². The van der Waals surface area contributed by atoms with Gasteiger partial charge in [0.05, 0.1) is 6.10 Å². The normalized spacial score (nSPS) is 43.7. The van der Waals surface area contributed by atoms with Crippen LogP contribution < -0.4 is 11.1 Å². The summed E-state index contributed by atoms with van der Waals surface area (Å²) in [5.74, 6) is 2.87. The van der Waals surface area contributed by atoms with E-state index in [2.05, 4.69) is 35.2 Å². The maximum Gasteiger partial charge on any atom is 0.157 e. The third-order valence-corrected chi connectivity index (χ3v) is 9.52. The van der Waals surface area contributed by atoms with Crippen molar-refractivity contribution in [2.75, 3.05) is 11.1 Å². The molecule has 1 aromatic heterocycles. The van der Waals surface area contributed by atoms with E-state index in [0.717, 1.165) is 24.7 Å². The summed E-state index contributed by atoms with van der Waals surface area (Å²) < 4.78 is 0. The molecule has 3 fully saturated rings. The topological polar surface area (TPSA) is 84.1 Å². The molecule has 0 aromatic carbocycles. The highest BCUT2D eigenvalue weighted by molar-refractivity contribution is 6.32. The van der Waals surface area contributed by atoms with E-state index in [1.165, 1.54) is 44.9 Å². The van der Waals surface area contributed by atoms with Crippen LogP contribution in [0.4, 0.5) is 11.5 Å². The van der Waals surface area contributed by atoms with Crippen molar-refractivity contribution in [1.82, 2.24) is 9.97 Å². The number of allylic oxidation sites excluding steroid dienone is 1. The van der Waals surface area contributed by atoms with Crippen LogP contribution in [-0.4, -0.2) is 27.2 Å². The van der Waals surface area contributed by atoms with Gasteiger partial charge in [0.15, 0.2) is 11.0 Å². The quantitative estimate of drug-likeness (QED) is 0.475. The van der Waals surface area contributed by atoms with E-state index in [0.29, 0.717) is 28.0 Å². The Morgan fingerprint density at radius 3 is 2.76 bits per heavy atom. The summed E-state index contributed by atoms with van der Waals surface area (Å²) in [7, 11) is 0. The van der Waals surface area contributed by atoms with Gasteiger partial charge in [-0.1, -0.05) is 37.1 Å². The third kappa shape index (κ3) is 2.91. The van der Waals surface area contributed by atoms with Crippen molar-refractivity contribution in [3.05, 3.63) is 23.1 Å². The average Bonchev–Trinajstić information content (AvgIpc) is 3.00. The minimum atomic E-state index is -0.0942. The van der Waals surface area contributed by atoms with Gasteiger partial charge in [-0.05, 0) is 80.0 Å². The number of hydrogen-bond donors (Lipinski definition) is 3. The standard InChI is InChI=1S/C23H33ClN4O/c1-22-9-7-14(28-21-19(25)20(24)26-12-27-21)11-13(22)3-4-15-16-5-6-18(29)23(16,2)10-8-17(15)22/h11-12,14-18,29H,3-10,25H2,1-2H3,(H,26,27,28)/t14-,15+,16+,17+,18+,22+,23+/m1/s1. The number of nitrogen functional groups attached to an aromatic ring is 1. The Bertz CT molecular complexity index is 844. The van der Waals surface area contributed by atoms with Crippen LogP contribution in [0.25, 0.3) is 0 Å². The van der Waals surface area contributed by atoms with Crippen molar-refractivity contribution in [3.8, 4) is 0 Å². The first-order valence-corrected chi connectivity index (χ1v) is 11.6. The monoisotopic (exact) mass is 416 g/mol. The molecule has 29 heavy (non-hydrogen) atoms. The van der Waals surface area contributed by atoms with Crippen molar-refractivity contribution in [3.63, 3.8) is 0 Å². The van der Waals surface area contributed by atoms with E-state index < -0.39 is 0 Å². The SMILES string of the molecule is C[C@]12CC[C@H]3[C@@H](CCC4=C[C@H](Nc5ncnc(Cl)c5N)CC[C@@]43C)[C@@H]1CC[C@@H]2O. The number of nitrogens with two attached hydrogens (primary N) is 1. The zero-order valence-corrected chi connectivity index (χ0v) is 18.3. The van der Waals surface area contributed by atoms with Crippen LogP contribution in [0.5, 0.6) is 0 Å². The zero-order chi connectivity index (χ0) is 20.4. The second kappa shape index (κ2) is 6.84. The maximum atomic E-state index is 10.6. The first-order valence-electron chi connectivity index (χ1n) is 11.2. The minimum absolute atomic E-state index is 0.0942. The molecule has 158 valence electrons. The van der Waals surface area contributed by atoms with Crippen LogP contribution in [-0.2, 0) is 0 Å². The number of rotatable bonds is 2. The largest absolute Gasteiger partial charge is 0.393 e. The molecule has 0 amide bonds. The summed E-state index contributed by atoms with van der Waals surface area (Å²) in [4.78, 5) is 8.23. The van der Waals surface area contributed by atoms with E-state index in [1.54, 1.807) is 5.57 Å². The van der Waals surface area contributed by atoms with Crippen molar-refractivity contribution >= 4 is 23.1 Å². The lowest BCUT2D eigenvalue weighted by molar-refractivity contribution is -0.0738. The van der Waals surface area contributed by atoms with Crippen LogP contribution in [0, 0.1) is 28.6 Å². The van der Waals surface area contributed by atoms with Crippen molar-refractivity contribution in [2.45, 2.75) is 77.4 Å². The fourth-order valence-electron chi connectivity index (χ4n) is 7.48. The van der Waals surface area contributed by atoms with Gasteiger partial charge in [-0.25, -0.2) is 9.97 Å². The number of hydrogen-bond acceptors (Lipinski definition) is 5. The van der Waals surface area contributed by atoms with Gasteiger partial charge < -0.3 is 16.2 Å². The fraction of sp³-hybridized carbons (Fsp3) is 0.739. The summed E-state index contributed by atoms with van der Waals surface area (Å²) in [5, 5.41) is 14.4. The van der Waals surface area contributed by atoms with Gasteiger partial charge >= 0.3 is 0 Å². The van der Waals surface area contributed by atoms with Crippen LogP contribution in [0.15, 0.2) is 18.0 Å². The number of fused-ring (bicyclic) bond motifs is 5. The molecule has 1 aromatic rings. The number of aliphatic hydroxyl groups is 1. The van der Waals surface area contributed by atoms with Crippen molar-refractivity contribution in [1.29, 1.82) is 0 Å². The summed E-state index contributed by atoms with van der Waals surface area (Å²) in [6.45, 7) is 4.87. The Morgan fingerprint density at radius 2 is 1.93 bits per heavy atom. The number of aliphatic hydroxyl groups excluding tert-OH is 1. The molecular weight excluding hydrogens is 384 g/mol. The highest BCUT2D eigenvalue weighted by atomic mass is 35.5. The number of anilines is 2. The molecule has 1 heterocycles. The molecule has 4 aliphatic carbocycles. The Labute approximate surface area is 178 Å². The maximum absolute atomic E-state index is 10.6. The summed E-state index contributed by atoms with van der Waals surface area (Å²) in [6, 6.07) is 0.241. The Morgan fingerprint density at radius 1 is 1.10 bits per heavy atom. The molecule has 4 N–H and O–H groups in total. The average molecular weight is 417 g/mol. The first-order chi connectivity index (χ1) is 13.8. The Hall–Kier alpha value is -1.33. The van der Waals surface area contributed by atoms with Gasteiger partial charge in [0.2, 0.25) is 0 Å². The summed E-state index contributed by atoms with van der Waals surface area (Å²) in [6.07, 6.45) is 13.2. The van der Waals surface area contributed by atoms with Crippen LogP contribution in [0.3, 0.4) is 0 Å². The summed E-state index contributed by atoms with van der Waals surface area (Å²) in [5.41, 5.74) is 8.55. The Balaban J connectivity index is 1.38. The molecule has 0 aliphatic heterocycles. The highest BCUT2D eigenvalue weighted by Gasteiger charge is 2.58. The molecule has 0 bridgehead atoms. The van der Waals surface area contributed by atoms with E-state index >= 15 is 0 Å². The molecule has 0 spiro atoms. The molecular formula is C23H33ClN4O. The molecule has 5 nitrogen and oxygen atoms in total. The predicted molar refractivity (Wildman–Crippen MR) is 117 cm³/mol. The van der Waals surface area contributed by atoms with Crippen molar-refractivity contribution < 1.29 is 5.11 Å². The molecule has 0 saturated heterocycles. The van der Waals surface area contributed by atoms with Gasteiger partial charge in [0, 0.05) is 6.04 Å². The lowest BCUT2D eigenvalue weighted by atomic mass is 9.47. The summed E-state index contributed by atoms with van der Waals surface area (Å²) >= 11 is 6.06. The number of aromatic nitrogens is 2. The fourth-order valence-corrected chi connectivity index (χ4v) is 7.61. The molecule has 4 aliphatic rings. The van der Waals surface area contributed by atoms with E-state index in [4.69, 9.17) is 17.3 Å². The molecule has 3 saturated carbocycles. The number of nitrogens with one attached hydrogen (secondary N) is 1. The number of halogens is 1. The van der Waals surface area contributed by atoms with E-state index in [1.807, 2.05) is 0 Å². The second-order valence-corrected chi connectivity index (χ2v) is 10.7. The van der Waals surface area contributed by atoms with E-state index in [-0.39, 0.29) is 17.6 Å². The van der Waals surface area contributed by atoms with E-state index in [9.17, 15) is 5.11 Å². The smallest absolute Gasteiger partial charge is 0.157 e. The molecule has 7 atom stereocenters. The second-order valence-electron chi connectivity index (χ2n) is 10.4. The van der Waals surface area contributed by atoms with Gasteiger partial charge in [0.1, 0.15) is 12.0 Å². The van der Waals surface area contributed by atoms with Crippen LogP contribution in [0.2, 0.25) is 5.15 Å². The van der Waals surface area contributed by atoms with Crippen LogP contribution in [0.1, 0.15) is 65.2 Å². The van der Waals surface area contributed by atoms with Gasteiger partial charge in [-0.2, -0.15) is 0 Å². The first kappa shape index (κ1) is 19.6. The van der Waals surface area contributed by atoms with Gasteiger partial charge in [-0.15, -0.1) is 0 Å². The lowest BCUT2D eigenvalue weighted by Gasteiger charge is -2.58. The highest BCUT2D eigenvalue weighted by Crippen LogP contribution is 2.65. The van der Waals surface area contributed by atoms with Gasteiger partial charge in [-0.3, -0.25) is 0 Å². The molecule has 0 radical (unpaired) electrons. The minimum Gasteiger partial charge on any atom is -0.393 e. The Kier molecular flexibility index (Phi) is 4.63. The van der Waals surface area contributed by atoms with Crippen molar-refractivity contribution in [2.24, 2.45) is 28.6 Å². The predicted octanol–water partition coefficient (Wildman–Crippen LogP) is 4.82. The third-order valence-electron chi connectivity index (χ3n) is 9.22. The number of nitrogens with zero attached hydrogens (tertiary/aromatic N) is 2. The lowest BCUT2D eigenvalue weighted by Crippen LogP contribution is -2.51. The molecule has 0 unspecified atom stereocenters. The molecule has 5 rings (SSSR count). The van der Waals surface area contributed by atoms with Gasteiger partial charge in [0.25, 0.3) is 0 Å². The molecule has 6 heteroatoms.